The Balaban J connectivity index is 1.83. The van der Waals surface area contributed by atoms with Crippen molar-refractivity contribution in [3.05, 3.63) is 60.4 Å². The van der Waals surface area contributed by atoms with E-state index in [0.717, 1.165) is 6.42 Å². The van der Waals surface area contributed by atoms with Crippen LogP contribution in [0.25, 0.3) is 0 Å². The molecular formula is C15H17N3O. The maximum atomic E-state index is 11.9. The molecule has 0 spiro atoms. The lowest BCUT2D eigenvalue weighted by Crippen LogP contribution is -2.36. The number of carbonyl (C=O) groups is 1. The van der Waals surface area contributed by atoms with E-state index in [0.29, 0.717) is 12.1 Å². The quantitative estimate of drug-likeness (QED) is 0.858. The summed E-state index contributed by atoms with van der Waals surface area (Å²) in [5.74, 6) is -0.177. The summed E-state index contributed by atoms with van der Waals surface area (Å²) in [5, 5.41) is 2.75. The van der Waals surface area contributed by atoms with E-state index in [1.54, 1.807) is 24.5 Å². The standard InChI is InChI=1S/C15H17N3O/c16-14(9-8-12-5-2-1-3-6-12)15(19)18-13-7-4-10-17-11-13/h1-7,10-11,14H,8-9,16H2,(H,18,19). The third-order valence-electron chi connectivity index (χ3n) is 2.85. The van der Waals surface area contributed by atoms with Crippen molar-refractivity contribution in [2.75, 3.05) is 5.32 Å². The number of nitrogens with two attached hydrogens (primary N) is 1. The van der Waals surface area contributed by atoms with E-state index in [9.17, 15) is 4.79 Å². The highest BCUT2D eigenvalue weighted by molar-refractivity contribution is 5.94. The molecule has 4 heteroatoms. The van der Waals surface area contributed by atoms with Crippen LogP contribution in [0, 0.1) is 0 Å². The maximum Gasteiger partial charge on any atom is 0.241 e. The fourth-order valence-electron chi connectivity index (χ4n) is 1.77. The SMILES string of the molecule is NC(CCc1ccccc1)C(=O)Nc1cccnc1. The monoisotopic (exact) mass is 255 g/mol. The summed E-state index contributed by atoms with van der Waals surface area (Å²) < 4.78 is 0. The molecule has 1 aromatic heterocycles. The van der Waals surface area contributed by atoms with Gasteiger partial charge in [0.2, 0.25) is 5.91 Å². The molecule has 0 aliphatic carbocycles. The molecule has 2 aromatic rings. The lowest BCUT2D eigenvalue weighted by molar-refractivity contribution is -0.117. The van der Waals surface area contributed by atoms with E-state index >= 15 is 0 Å². The molecule has 0 aliphatic heterocycles. The molecule has 1 amide bonds. The zero-order valence-corrected chi connectivity index (χ0v) is 10.6. The number of nitrogens with zero attached hydrogens (tertiary/aromatic N) is 1. The van der Waals surface area contributed by atoms with Crippen LogP contribution in [0.5, 0.6) is 0 Å². The minimum absolute atomic E-state index is 0.177. The minimum Gasteiger partial charge on any atom is -0.323 e. The van der Waals surface area contributed by atoms with Gasteiger partial charge < -0.3 is 11.1 Å². The summed E-state index contributed by atoms with van der Waals surface area (Å²) in [6, 6.07) is 13.0. The molecule has 2 rings (SSSR count). The highest BCUT2D eigenvalue weighted by Gasteiger charge is 2.13. The Morgan fingerprint density at radius 2 is 2.00 bits per heavy atom. The van der Waals surface area contributed by atoms with Crippen LogP contribution in [-0.2, 0) is 11.2 Å². The molecule has 19 heavy (non-hydrogen) atoms. The smallest absolute Gasteiger partial charge is 0.241 e. The second-order valence-corrected chi connectivity index (χ2v) is 4.36. The number of aromatic nitrogens is 1. The van der Waals surface area contributed by atoms with E-state index in [1.165, 1.54) is 5.56 Å². The van der Waals surface area contributed by atoms with Crippen LogP contribution in [0.15, 0.2) is 54.9 Å². The summed E-state index contributed by atoms with van der Waals surface area (Å²) in [6.07, 6.45) is 4.67. The lowest BCUT2D eigenvalue weighted by atomic mass is 10.1. The predicted molar refractivity (Wildman–Crippen MR) is 75.6 cm³/mol. The number of amides is 1. The maximum absolute atomic E-state index is 11.9. The number of nitrogens with one attached hydrogen (secondary N) is 1. The van der Waals surface area contributed by atoms with Gasteiger partial charge >= 0.3 is 0 Å². The Kier molecular flexibility index (Phi) is 4.64. The Labute approximate surface area is 112 Å². The second-order valence-electron chi connectivity index (χ2n) is 4.36. The van der Waals surface area contributed by atoms with Gasteiger partial charge in [-0.15, -0.1) is 0 Å². The van der Waals surface area contributed by atoms with Crippen LogP contribution < -0.4 is 11.1 Å². The molecule has 0 radical (unpaired) electrons. The first-order valence-electron chi connectivity index (χ1n) is 6.26. The van der Waals surface area contributed by atoms with Crippen molar-refractivity contribution >= 4 is 11.6 Å². The predicted octanol–water partition coefficient (Wildman–Crippen LogP) is 1.98. The lowest BCUT2D eigenvalue weighted by Gasteiger charge is -2.11. The Bertz CT molecular complexity index is 513. The van der Waals surface area contributed by atoms with Gasteiger partial charge in [0, 0.05) is 6.20 Å². The first kappa shape index (κ1) is 13.2. The van der Waals surface area contributed by atoms with Crippen molar-refractivity contribution in [3.8, 4) is 0 Å². The molecule has 0 aliphatic rings. The molecule has 1 atom stereocenters. The number of hydrogen-bond acceptors (Lipinski definition) is 3. The molecule has 98 valence electrons. The van der Waals surface area contributed by atoms with Crippen molar-refractivity contribution in [1.29, 1.82) is 0 Å². The minimum atomic E-state index is -0.514. The van der Waals surface area contributed by atoms with Gasteiger partial charge in [-0.05, 0) is 30.5 Å². The van der Waals surface area contributed by atoms with Crippen molar-refractivity contribution in [2.45, 2.75) is 18.9 Å². The summed E-state index contributed by atoms with van der Waals surface area (Å²) in [4.78, 5) is 15.8. The van der Waals surface area contributed by atoms with Gasteiger partial charge in [-0.1, -0.05) is 30.3 Å². The van der Waals surface area contributed by atoms with E-state index in [2.05, 4.69) is 10.3 Å². The Hall–Kier alpha value is -2.20. The highest BCUT2D eigenvalue weighted by atomic mass is 16.2. The molecule has 3 N–H and O–H groups in total. The van der Waals surface area contributed by atoms with Gasteiger partial charge in [0.1, 0.15) is 0 Å². The van der Waals surface area contributed by atoms with E-state index in [-0.39, 0.29) is 5.91 Å². The van der Waals surface area contributed by atoms with Crippen LogP contribution in [0.2, 0.25) is 0 Å². The van der Waals surface area contributed by atoms with Gasteiger partial charge in [0.15, 0.2) is 0 Å². The van der Waals surface area contributed by atoms with Gasteiger partial charge in [-0.25, -0.2) is 0 Å². The summed E-state index contributed by atoms with van der Waals surface area (Å²) in [7, 11) is 0. The normalized spacial score (nSPS) is 11.8. The van der Waals surface area contributed by atoms with Crippen molar-refractivity contribution in [1.82, 2.24) is 4.98 Å². The summed E-state index contributed by atoms with van der Waals surface area (Å²) >= 11 is 0. The number of benzene rings is 1. The van der Waals surface area contributed by atoms with Crippen molar-refractivity contribution in [2.24, 2.45) is 5.73 Å². The van der Waals surface area contributed by atoms with Crippen LogP contribution in [0.3, 0.4) is 0 Å². The molecular weight excluding hydrogens is 238 g/mol. The van der Waals surface area contributed by atoms with Crippen LogP contribution in [0.4, 0.5) is 5.69 Å². The van der Waals surface area contributed by atoms with Crippen LogP contribution in [-0.4, -0.2) is 16.9 Å². The van der Waals surface area contributed by atoms with Crippen LogP contribution >= 0.6 is 0 Å². The zero-order valence-electron chi connectivity index (χ0n) is 10.6. The Morgan fingerprint density at radius 3 is 2.68 bits per heavy atom. The average molecular weight is 255 g/mol. The topological polar surface area (TPSA) is 68.0 Å². The number of anilines is 1. The Morgan fingerprint density at radius 1 is 1.21 bits per heavy atom. The van der Waals surface area contributed by atoms with Crippen LogP contribution in [0.1, 0.15) is 12.0 Å². The molecule has 0 saturated heterocycles. The molecule has 1 unspecified atom stereocenters. The number of hydrogen-bond donors (Lipinski definition) is 2. The largest absolute Gasteiger partial charge is 0.323 e. The average Bonchev–Trinajstić information content (AvgIpc) is 2.47. The number of rotatable bonds is 5. The molecule has 1 aromatic carbocycles. The van der Waals surface area contributed by atoms with E-state index in [1.807, 2.05) is 30.3 Å². The third kappa shape index (κ3) is 4.19. The van der Waals surface area contributed by atoms with Gasteiger partial charge in [0.25, 0.3) is 0 Å². The fraction of sp³-hybridized carbons (Fsp3) is 0.200. The molecule has 0 fully saturated rings. The third-order valence-corrected chi connectivity index (χ3v) is 2.85. The number of carbonyl (C=O) groups excluding carboxylic acids is 1. The van der Waals surface area contributed by atoms with Gasteiger partial charge in [-0.3, -0.25) is 9.78 Å². The van der Waals surface area contributed by atoms with E-state index in [4.69, 9.17) is 5.73 Å². The summed E-state index contributed by atoms with van der Waals surface area (Å²) in [5.41, 5.74) is 7.74. The number of pyridine rings is 1. The van der Waals surface area contributed by atoms with Crippen molar-refractivity contribution in [3.63, 3.8) is 0 Å². The number of aryl methyl sites for hydroxylation is 1. The van der Waals surface area contributed by atoms with Gasteiger partial charge in [-0.2, -0.15) is 0 Å². The van der Waals surface area contributed by atoms with Crippen molar-refractivity contribution < 1.29 is 4.79 Å². The second kappa shape index (κ2) is 6.66. The fourth-order valence-corrected chi connectivity index (χ4v) is 1.77. The zero-order chi connectivity index (χ0) is 13.5. The highest BCUT2D eigenvalue weighted by Crippen LogP contribution is 2.07. The molecule has 1 heterocycles. The van der Waals surface area contributed by atoms with Gasteiger partial charge in [0.05, 0.1) is 17.9 Å². The summed E-state index contributed by atoms with van der Waals surface area (Å²) in [6.45, 7) is 0. The molecule has 0 saturated carbocycles. The first-order chi connectivity index (χ1) is 9.25. The van der Waals surface area contributed by atoms with E-state index < -0.39 is 6.04 Å². The first-order valence-corrected chi connectivity index (χ1v) is 6.26. The molecule has 0 bridgehead atoms. The molecule has 4 nitrogen and oxygen atoms in total.